The fraction of sp³-hybridized carbons (Fsp3) is 0.973. The van der Waals surface area contributed by atoms with Gasteiger partial charge in [0.2, 0.25) is 0 Å². The normalized spacial score (nSPS) is 12.1. The first kappa shape index (κ1) is 43.2. The molecule has 0 spiro atoms. The fourth-order valence-corrected chi connectivity index (χ4v) is 6.17. The number of carbonyl (C=O) groups excluding carboxylic acids is 1. The van der Waals surface area contributed by atoms with Crippen molar-refractivity contribution in [3.63, 3.8) is 0 Å². The van der Waals surface area contributed by atoms with Crippen molar-refractivity contribution in [1.82, 2.24) is 4.90 Å². The predicted octanol–water partition coefficient (Wildman–Crippen LogP) is 8.17. The van der Waals surface area contributed by atoms with Crippen LogP contribution in [0.2, 0.25) is 0 Å². The maximum absolute atomic E-state index is 11.9. The summed E-state index contributed by atoms with van der Waals surface area (Å²) in [6.07, 6.45) is 39.7. The molecular weight excluding hydrogens is 497 g/mol. The van der Waals surface area contributed by atoms with Gasteiger partial charge in [0.25, 0.3) is 0 Å². The van der Waals surface area contributed by atoms with Gasteiger partial charge in [0.15, 0.2) is 0 Å². The van der Waals surface area contributed by atoms with E-state index in [1.165, 1.54) is 167 Å². The van der Waals surface area contributed by atoms with Gasteiger partial charge < -0.3 is 9.90 Å². The third kappa shape index (κ3) is 31.3. The largest absolute Gasteiger partial charge is 1.00 e. The first-order valence-corrected chi connectivity index (χ1v) is 18.6. The van der Waals surface area contributed by atoms with Crippen LogP contribution in [-0.2, 0) is 4.79 Å². The number of unbranched alkanes of at least 4 members (excludes halogenated alkanes) is 26. The van der Waals surface area contributed by atoms with Crippen molar-refractivity contribution in [3.8, 4) is 0 Å². The quantitative estimate of drug-likeness (QED) is 0.0578. The molecule has 0 saturated heterocycles. The van der Waals surface area contributed by atoms with Crippen molar-refractivity contribution < 1.29 is 28.8 Å². The molecule has 4 heteroatoms. The van der Waals surface area contributed by atoms with E-state index in [1.807, 2.05) is 0 Å². The summed E-state index contributed by atoms with van der Waals surface area (Å²) in [6.45, 7) is 8.51. The number of carbonyl (C=O) groups is 1. The minimum atomic E-state index is -0.863. The van der Waals surface area contributed by atoms with Gasteiger partial charge in [0, 0.05) is 6.04 Å². The number of carboxylic acid groups (broad SMARTS) is 1. The summed E-state index contributed by atoms with van der Waals surface area (Å²) >= 11 is 0. The minimum Gasteiger partial charge on any atom is -0.548 e. The topological polar surface area (TPSA) is 43.4 Å². The molecule has 0 fully saturated rings. The molecule has 1 unspecified atom stereocenters. The Labute approximate surface area is 271 Å². The Kier molecular flexibility index (Phi) is 38.1. The van der Waals surface area contributed by atoms with Gasteiger partial charge in [-0.2, -0.15) is 0 Å². The second-order valence-corrected chi connectivity index (χ2v) is 12.9. The molecule has 0 aliphatic heterocycles. The Morgan fingerprint density at radius 2 is 0.683 bits per heavy atom. The van der Waals surface area contributed by atoms with Crippen LogP contribution in [0, 0.1) is 0 Å². The molecule has 41 heavy (non-hydrogen) atoms. The van der Waals surface area contributed by atoms with Crippen molar-refractivity contribution >= 4 is 5.97 Å². The van der Waals surface area contributed by atoms with Crippen molar-refractivity contribution in [3.05, 3.63) is 0 Å². The summed E-state index contributed by atoms with van der Waals surface area (Å²) in [7, 11) is 0. The van der Waals surface area contributed by atoms with E-state index >= 15 is 0 Å². The summed E-state index contributed by atoms with van der Waals surface area (Å²) in [5.41, 5.74) is 0. The molecule has 0 aliphatic rings. The number of hydrogen-bond acceptors (Lipinski definition) is 3. The summed E-state index contributed by atoms with van der Waals surface area (Å²) in [5.74, 6) is -0.863. The SMILES string of the molecule is CCCCCCCCCCCCCCCCN(CCCCCCCCCCCCCCCC)C(CCC)C(=O)[O-].[Li+]. The molecule has 0 aromatic heterocycles. The van der Waals surface area contributed by atoms with Crippen molar-refractivity contribution in [2.75, 3.05) is 13.1 Å². The predicted molar refractivity (Wildman–Crippen MR) is 176 cm³/mol. The molecule has 0 amide bonds. The van der Waals surface area contributed by atoms with E-state index < -0.39 is 12.0 Å². The molecular formula is C37H74LiNO2. The zero-order valence-corrected chi connectivity index (χ0v) is 29.0. The van der Waals surface area contributed by atoms with Crippen LogP contribution in [0.25, 0.3) is 0 Å². The average molecular weight is 572 g/mol. The molecule has 240 valence electrons. The molecule has 0 heterocycles. The monoisotopic (exact) mass is 572 g/mol. The van der Waals surface area contributed by atoms with Gasteiger partial charge in [-0.1, -0.05) is 194 Å². The van der Waals surface area contributed by atoms with E-state index in [-0.39, 0.29) is 18.9 Å². The van der Waals surface area contributed by atoms with Gasteiger partial charge in [-0.3, -0.25) is 4.90 Å². The zero-order chi connectivity index (χ0) is 29.4. The van der Waals surface area contributed by atoms with Crippen LogP contribution in [0.5, 0.6) is 0 Å². The average Bonchev–Trinajstić information content (AvgIpc) is 2.95. The van der Waals surface area contributed by atoms with E-state index in [0.29, 0.717) is 0 Å². The number of carboxylic acids is 1. The Morgan fingerprint density at radius 1 is 0.439 bits per heavy atom. The van der Waals surface area contributed by atoms with Gasteiger partial charge in [-0.25, -0.2) is 0 Å². The van der Waals surface area contributed by atoms with Crippen LogP contribution in [-0.4, -0.2) is 30.0 Å². The maximum Gasteiger partial charge on any atom is 1.00 e. The molecule has 0 bridgehead atoms. The van der Waals surface area contributed by atoms with Crippen molar-refractivity contribution in [1.29, 1.82) is 0 Å². The summed E-state index contributed by atoms with van der Waals surface area (Å²) < 4.78 is 0. The molecule has 0 saturated carbocycles. The smallest absolute Gasteiger partial charge is 0.548 e. The number of aliphatic carboxylic acids is 1. The maximum atomic E-state index is 11.9. The van der Waals surface area contributed by atoms with Gasteiger partial charge in [-0.05, 0) is 32.4 Å². The Morgan fingerprint density at radius 3 is 0.902 bits per heavy atom. The van der Waals surface area contributed by atoms with Crippen LogP contribution >= 0.6 is 0 Å². The van der Waals surface area contributed by atoms with Crippen molar-refractivity contribution in [2.45, 2.75) is 219 Å². The molecule has 3 nitrogen and oxygen atoms in total. The molecule has 0 aromatic rings. The standard InChI is InChI=1S/C37H75NO2.Li/c1-4-7-9-11-13-15-17-19-21-23-25-27-29-31-34-38(36(33-6-3)37(39)40)35-32-30-28-26-24-22-20-18-16-14-12-10-8-5-2;/h36H,4-35H2,1-3H3,(H,39,40);/q;+1/p-1. The van der Waals surface area contributed by atoms with Crippen LogP contribution in [0.1, 0.15) is 213 Å². The van der Waals surface area contributed by atoms with Crippen LogP contribution in [0.15, 0.2) is 0 Å². The number of nitrogens with zero attached hydrogens (tertiary/aromatic N) is 1. The Bertz CT molecular complexity index is 469. The summed E-state index contributed by atoms with van der Waals surface area (Å²) in [5, 5.41) is 11.9. The van der Waals surface area contributed by atoms with E-state index in [4.69, 9.17) is 0 Å². The third-order valence-corrected chi connectivity index (χ3v) is 8.87. The first-order chi connectivity index (χ1) is 19.7. The van der Waals surface area contributed by atoms with Gasteiger partial charge in [0.05, 0.1) is 5.97 Å². The van der Waals surface area contributed by atoms with Crippen LogP contribution < -0.4 is 24.0 Å². The molecule has 0 radical (unpaired) electrons. The van der Waals surface area contributed by atoms with Crippen LogP contribution in [0.4, 0.5) is 0 Å². The number of rotatable bonds is 34. The molecule has 0 N–H and O–H groups in total. The molecule has 0 aliphatic carbocycles. The van der Waals surface area contributed by atoms with Gasteiger partial charge in [-0.15, -0.1) is 0 Å². The van der Waals surface area contributed by atoms with Crippen molar-refractivity contribution in [2.24, 2.45) is 0 Å². The fourth-order valence-electron chi connectivity index (χ4n) is 6.17. The van der Waals surface area contributed by atoms with Gasteiger partial charge in [0.1, 0.15) is 0 Å². The minimum absolute atomic E-state index is 0. The zero-order valence-electron chi connectivity index (χ0n) is 29.0. The van der Waals surface area contributed by atoms with Gasteiger partial charge >= 0.3 is 18.9 Å². The Hall–Kier alpha value is 0.0274. The summed E-state index contributed by atoms with van der Waals surface area (Å²) in [4.78, 5) is 14.1. The first-order valence-electron chi connectivity index (χ1n) is 18.6. The second-order valence-electron chi connectivity index (χ2n) is 12.9. The summed E-state index contributed by atoms with van der Waals surface area (Å²) in [6, 6.07) is -0.394. The molecule has 0 rings (SSSR count). The van der Waals surface area contributed by atoms with E-state index in [2.05, 4.69) is 25.7 Å². The van der Waals surface area contributed by atoms with E-state index in [9.17, 15) is 9.90 Å². The van der Waals surface area contributed by atoms with E-state index in [0.717, 1.165) is 38.8 Å². The molecule has 1 atom stereocenters. The van der Waals surface area contributed by atoms with E-state index in [1.54, 1.807) is 0 Å². The Balaban J connectivity index is 0. The third-order valence-electron chi connectivity index (χ3n) is 8.87. The molecule has 0 aromatic carbocycles. The number of hydrogen-bond donors (Lipinski definition) is 0. The van der Waals surface area contributed by atoms with Crippen LogP contribution in [0.3, 0.4) is 0 Å². The second kappa shape index (κ2) is 36.2.